The predicted octanol–water partition coefficient (Wildman–Crippen LogP) is 1.08. The number of guanidine groups is 2. The highest BCUT2D eigenvalue weighted by Gasteiger charge is 2.27. The summed E-state index contributed by atoms with van der Waals surface area (Å²) in [5.41, 5.74) is 11.8. The molecule has 2 aromatic rings. The van der Waals surface area contributed by atoms with Crippen LogP contribution in [0.4, 0.5) is 34.9 Å². The van der Waals surface area contributed by atoms with Crippen molar-refractivity contribution in [2.45, 2.75) is 6.18 Å². The first-order chi connectivity index (χ1) is 14.1. The van der Waals surface area contributed by atoms with E-state index in [1.165, 1.54) is 30.3 Å². The Kier molecular flexibility index (Phi) is 7.44. The van der Waals surface area contributed by atoms with E-state index in [9.17, 15) is 22.4 Å². The highest BCUT2D eigenvalue weighted by Crippen LogP contribution is 2.13. The summed E-state index contributed by atoms with van der Waals surface area (Å²) in [5, 5.41) is 6.92. The van der Waals surface area contributed by atoms with E-state index in [4.69, 9.17) is 11.5 Å². The third kappa shape index (κ3) is 8.37. The van der Waals surface area contributed by atoms with E-state index in [0.717, 1.165) is 6.33 Å². The molecule has 1 aromatic carbocycles. The molecule has 0 atom stereocenters. The zero-order valence-corrected chi connectivity index (χ0v) is 15.2. The fourth-order valence-electron chi connectivity index (χ4n) is 1.91. The van der Waals surface area contributed by atoms with Gasteiger partial charge < -0.3 is 27.4 Å². The number of anilines is 2. The number of carbonyl (C=O) groups excluding carboxylic acids is 1. The Labute approximate surface area is 167 Å². The number of rotatable bonds is 6. The number of amides is 1. The monoisotopic (exact) mass is 427 g/mol. The molecule has 1 amide bonds. The van der Waals surface area contributed by atoms with Crippen LogP contribution in [-0.2, 0) is 4.79 Å². The number of benzene rings is 1. The second-order valence-electron chi connectivity index (χ2n) is 5.61. The summed E-state index contributed by atoms with van der Waals surface area (Å²) in [6.45, 7) is -1.88. The van der Waals surface area contributed by atoms with Gasteiger partial charge in [0.1, 0.15) is 24.5 Å². The molecule has 0 spiro atoms. The van der Waals surface area contributed by atoms with Gasteiger partial charge in [0.05, 0.1) is 6.54 Å². The van der Waals surface area contributed by atoms with Crippen molar-refractivity contribution in [3.05, 3.63) is 42.5 Å². The number of hydrogen-bond acceptors (Lipinski definition) is 5. The minimum Gasteiger partial charge on any atom is -0.369 e. The molecule has 0 fully saturated rings. The van der Waals surface area contributed by atoms with Crippen LogP contribution in [0, 0.1) is 5.82 Å². The molecule has 2 rings (SSSR count). The first kappa shape index (κ1) is 22.3. The molecule has 1 heterocycles. The first-order valence-corrected chi connectivity index (χ1v) is 8.21. The van der Waals surface area contributed by atoms with E-state index in [1.54, 1.807) is 5.32 Å². The molecule has 0 unspecified atom stereocenters. The van der Waals surface area contributed by atoms with Crippen molar-refractivity contribution in [1.29, 1.82) is 0 Å². The maximum Gasteiger partial charge on any atom is 0.405 e. The van der Waals surface area contributed by atoms with E-state index in [0.29, 0.717) is 5.69 Å². The number of nitrogens with one attached hydrogen (secondary N) is 3. The van der Waals surface area contributed by atoms with Gasteiger partial charge in [0, 0.05) is 11.8 Å². The normalized spacial score (nSPS) is 12.4. The van der Waals surface area contributed by atoms with E-state index in [2.05, 4.69) is 30.6 Å². The highest BCUT2D eigenvalue weighted by atomic mass is 19.4. The van der Waals surface area contributed by atoms with Gasteiger partial charge in [-0.1, -0.05) is 0 Å². The summed E-state index contributed by atoms with van der Waals surface area (Å²) >= 11 is 0. The van der Waals surface area contributed by atoms with Crippen LogP contribution < -0.4 is 27.4 Å². The van der Waals surface area contributed by atoms with Crippen LogP contribution >= 0.6 is 0 Å². The van der Waals surface area contributed by atoms with Crippen LogP contribution in [0.2, 0.25) is 0 Å². The first-order valence-electron chi connectivity index (χ1n) is 8.21. The number of carbonyl (C=O) groups is 1. The number of alkyl halides is 3. The summed E-state index contributed by atoms with van der Waals surface area (Å²) in [6.07, 6.45) is -3.40. The Morgan fingerprint density at radius 1 is 1.13 bits per heavy atom. The predicted molar refractivity (Wildman–Crippen MR) is 103 cm³/mol. The zero-order chi connectivity index (χ0) is 22.1. The Bertz CT molecular complexity index is 929. The Hall–Kier alpha value is -3.97. The second-order valence-corrected chi connectivity index (χ2v) is 5.61. The molecule has 0 radical (unpaired) electrons. The molecule has 1 aromatic heterocycles. The largest absolute Gasteiger partial charge is 0.405 e. The fourth-order valence-corrected chi connectivity index (χ4v) is 1.91. The topological polar surface area (TPSA) is 156 Å². The van der Waals surface area contributed by atoms with Crippen molar-refractivity contribution in [2.75, 3.05) is 23.7 Å². The minimum atomic E-state index is -4.50. The summed E-state index contributed by atoms with van der Waals surface area (Å²) < 4.78 is 49.1. The highest BCUT2D eigenvalue weighted by molar-refractivity contribution is 6.01. The van der Waals surface area contributed by atoms with Crippen LogP contribution in [0.25, 0.3) is 0 Å². The van der Waals surface area contributed by atoms with Gasteiger partial charge >= 0.3 is 6.18 Å². The lowest BCUT2D eigenvalue weighted by Gasteiger charge is -2.09. The number of aliphatic imine (C=N–C) groups is 2. The average molecular weight is 427 g/mol. The van der Waals surface area contributed by atoms with E-state index < -0.39 is 31.0 Å². The van der Waals surface area contributed by atoms with Crippen molar-refractivity contribution in [2.24, 2.45) is 21.5 Å². The molecule has 160 valence electrons. The van der Waals surface area contributed by atoms with Crippen LogP contribution in [0.1, 0.15) is 0 Å². The van der Waals surface area contributed by atoms with Gasteiger partial charge in [-0.2, -0.15) is 23.2 Å². The van der Waals surface area contributed by atoms with Crippen LogP contribution in [-0.4, -0.2) is 47.1 Å². The van der Waals surface area contributed by atoms with Gasteiger partial charge in [0.2, 0.25) is 17.8 Å². The molecule has 10 nitrogen and oxygen atoms in total. The van der Waals surface area contributed by atoms with Gasteiger partial charge in [-0.05, 0) is 24.3 Å². The molecule has 30 heavy (non-hydrogen) atoms. The molecule has 0 aliphatic rings. The molecule has 14 heteroatoms. The number of nitrogens with zero attached hydrogens (tertiary/aromatic N) is 4. The summed E-state index contributed by atoms with van der Waals surface area (Å²) in [6, 6.07) is 6.64. The fraction of sp³-hybridized carbons (Fsp3) is 0.188. The van der Waals surface area contributed by atoms with Crippen LogP contribution in [0.15, 0.2) is 46.6 Å². The lowest BCUT2D eigenvalue weighted by Crippen LogP contribution is -2.37. The number of nitrogens with two attached hydrogens (primary N) is 2. The summed E-state index contributed by atoms with van der Waals surface area (Å²) in [4.78, 5) is 26.7. The standard InChI is InChI=1S/C16H17F4N9O/c17-9-1-3-10(4-2-9)27-14(21)29-15(22)28-12-5-11(25-8-26-12)23-6-13(30)24-7-16(18,19)20/h1-5,8H,6-7H2,(H,24,30)(H6,21,22,23,25,26,27,28,29). The average Bonchev–Trinajstić information content (AvgIpc) is 2.66. The van der Waals surface area contributed by atoms with Crippen molar-refractivity contribution < 1.29 is 22.4 Å². The number of aromatic nitrogens is 2. The van der Waals surface area contributed by atoms with Crippen molar-refractivity contribution in [3.63, 3.8) is 0 Å². The smallest absolute Gasteiger partial charge is 0.369 e. The minimum absolute atomic E-state index is 0.0547. The molecule has 7 N–H and O–H groups in total. The van der Waals surface area contributed by atoms with E-state index in [-0.39, 0.29) is 23.6 Å². The van der Waals surface area contributed by atoms with Gasteiger partial charge in [0.15, 0.2) is 5.82 Å². The second kappa shape index (κ2) is 9.99. The summed E-state index contributed by atoms with van der Waals surface area (Å²) in [5.74, 6) is -1.49. The van der Waals surface area contributed by atoms with Crippen molar-refractivity contribution in [1.82, 2.24) is 15.3 Å². The van der Waals surface area contributed by atoms with E-state index >= 15 is 0 Å². The summed E-state index contributed by atoms with van der Waals surface area (Å²) in [7, 11) is 0. The maximum absolute atomic E-state index is 12.9. The van der Waals surface area contributed by atoms with Crippen LogP contribution in [0.3, 0.4) is 0 Å². The van der Waals surface area contributed by atoms with Gasteiger partial charge in [0.25, 0.3) is 0 Å². The third-order valence-electron chi connectivity index (χ3n) is 3.15. The van der Waals surface area contributed by atoms with Crippen molar-refractivity contribution in [3.8, 4) is 0 Å². The number of hydrogen-bond donors (Lipinski definition) is 5. The lowest BCUT2D eigenvalue weighted by molar-refractivity contribution is -0.137. The van der Waals surface area contributed by atoms with Gasteiger partial charge in [-0.25, -0.2) is 14.4 Å². The molecular weight excluding hydrogens is 410 g/mol. The number of halogens is 4. The Morgan fingerprint density at radius 2 is 1.83 bits per heavy atom. The Morgan fingerprint density at radius 3 is 2.50 bits per heavy atom. The molecule has 0 aliphatic carbocycles. The van der Waals surface area contributed by atoms with Crippen LogP contribution in [0.5, 0.6) is 0 Å². The van der Waals surface area contributed by atoms with Gasteiger partial charge in [-0.3, -0.25) is 4.79 Å². The Balaban J connectivity index is 1.94. The molecule has 0 aliphatic heterocycles. The van der Waals surface area contributed by atoms with Crippen molar-refractivity contribution >= 4 is 35.1 Å². The van der Waals surface area contributed by atoms with Gasteiger partial charge in [-0.15, -0.1) is 0 Å². The lowest BCUT2D eigenvalue weighted by atomic mass is 10.3. The maximum atomic E-state index is 12.9. The van der Waals surface area contributed by atoms with E-state index in [1.807, 2.05) is 0 Å². The molecule has 0 saturated heterocycles. The molecule has 0 saturated carbocycles. The third-order valence-corrected chi connectivity index (χ3v) is 3.15. The SMILES string of the molecule is NC(=Nc1cc(NCC(=O)NCC(F)(F)F)ncn1)N=C(N)Nc1ccc(F)cc1. The zero-order valence-electron chi connectivity index (χ0n) is 15.2. The quantitative estimate of drug-likeness (QED) is 0.262. The molecule has 0 bridgehead atoms. The molecular formula is C16H17F4N9O.